The number of hydrogen-bond donors (Lipinski definition) is 0. The predicted octanol–water partition coefficient (Wildman–Crippen LogP) is 5.72. The van der Waals surface area contributed by atoms with E-state index in [0.29, 0.717) is 54.9 Å². The van der Waals surface area contributed by atoms with Gasteiger partial charge in [0.2, 0.25) is 5.91 Å². The van der Waals surface area contributed by atoms with Crippen LogP contribution < -0.4 is 4.74 Å². The van der Waals surface area contributed by atoms with Crippen molar-refractivity contribution in [2.75, 3.05) is 20.3 Å². The van der Waals surface area contributed by atoms with Gasteiger partial charge in [-0.1, -0.05) is 13.8 Å². The van der Waals surface area contributed by atoms with Gasteiger partial charge in [-0.3, -0.25) is 4.79 Å². The molecule has 3 saturated carbocycles. The molecule has 0 bridgehead atoms. The van der Waals surface area contributed by atoms with Crippen LogP contribution in [0.4, 0.5) is 0 Å². The van der Waals surface area contributed by atoms with Crippen molar-refractivity contribution in [1.82, 2.24) is 4.90 Å². The van der Waals surface area contributed by atoms with Crippen LogP contribution in [-0.4, -0.2) is 43.1 Å². The lowest BCUT2D eigenvalue weighted by molar-refractivity contribution is -0.158. The van der Waals surface area contributed by atoms with Gasteiger partial charge in [-0.15, -0.1) is 0 Å². The molecule has 0 aromatic heterocycles. The van der Waals surface area contributed by atoms with Gasteiger partial charge >= 0.3 is 5.97 Å². The average molecular weight is 468 g/mol. The maximum absolute atomic E-state index is 12.7. The second kappa shape index (κ2) is 8.87. The molecule has 34 heavy (non-hydrogen) atoms. The molecule has 1 aromatic rings. The van der Waals surface area contributed by atoms with Gasteiger partial charge in [0.25, 0.3) is 0 Å². The SMILES string of the molecule is CCOc1ccc(C(=O)OCC2CC[C@H]3[C@@H]4CC[C@H]5N(C)C(=O)CC[C@]5(C)[C@H]4CC[C@]23C)cc1. The standard InChI is InChI=1S/C29H41NO4/c1-5-33-21-9-6-19(7-10-21)27(32)34-18-20-8-12-23-22-11-13-25-29(3,17-15-26(31)30(25)4)24(22)14-16-28(20,23)2/h6-7,9-10,20,22-25H,5,8,11-18H2,1-4H3/t20?,22-,23-,24-,25+,28+,29+/m0/s1. The minimum absolute atomic E-state index is 0.230. The number of carbonyl (C=O) groups excluding carboxylic acids is 2. The molecule has 1 unspecified atom stereocenters. The summed E-state index contributed by atoms with van der Waals surface area (Å²) in [5, 5.41) is 0. The van der Waals surface area contributed by atoms with Crippen LogP contribution in [0.2, 0.25) is 0 Å². The summed E-state index contributed by atoms with van der Waals surface area (Å²) in [6, 6.07) is 7.67. The lowest BCUT2D eigenvalue weighted by atomic mass is 9.47. The molecule has 3 aliphatic carbocycles. The Balaban J connectivity index is 1.25. The molecule has 5 rings (SSSR count). The van der Waals surface area contributed by atoms with Crippen molar-refractivity contribution in [1.29, 1.82) is 0 Å². The Morgan fingerprint density at radius 2 is 1.74 bits per heavy atom. The van der Waals surface area contributed by atoms with Crippen LogP contribution in [0.3, 0.4) is 0 Å². The Bertz CT molecular complexity index is 929. The largest absolute Gasteiger partial charge is 0.494 e. The van der Waals surface area contributed by atoms with E-state index in [1.165, 1.54) is 25.7 Å². The zero-order valence-electron chi connectivity index (χ0n) is 21.3. The van der Waals surface area contributed by atoms with Gasteiger partial charge in [-0.25, -0.2) is 4.79 Å². The van der Waals surface area contributed by atoms with Crippen molar-refractivity contribution >= 4 is 11.9 Å². The summed E-state index contributed by atoms with van der Waals surface area (Å²) in [6.07, 6.45) is 9.00. The maximum Gasteiger partial charge on any atom is 0.338 e. The van der Waals surface area contributed by atoms with E-state index in [4.69, 9.17) is 9.47 Å². The number of likely N-dealkylation sites (tertiary alicyclic amines) is 1. The molecule has 1 saturated heterocycles. The van der Waals surface area contributed by atoms with Crippen LogP contribution in [0.1, 0.15) is 82.5 Å². The molecule has 0 spiro atoms. The maximum atomic E-state index is 12.7. The number of esters is 1. The number of rotatable bonds is 5. The second-order valence-corrected chi connectivity index (χ2v) is 11.9. The summed E-state index contributed by atoms with van der Waals surface area (Å²) < 4.78 is 11.3. The molecule has 1 heterocycles. The number of amides is 1. The molecule has 4 fully saturated rings. The number of hydrogen-bond acceptors (Lipinski definition) is 4. The molecular formula is C29H41NO4. The minimum Gasteiger partial charge on any atom is -0.494 e. The van der Waals surface area contributed by atoms with E-state index in [0.717, 1.165) is 30.9 Å². The first-order valence-electron chi connectivity index (χ1n) is 13.4. The van der Waals surface area contributed by atoms with Crippen molar-refractivity contribution in [2.24, 2.45) is 34.5 Å². The highest BCUT2D eigenvalue weighted by Crippen LogP contribution is 2.66. The van der Waals surface area contributed by atoms with Gasteiger partial charge < -0.3 is 14.4 Å². The number of benzene rings is 1. The van der Waals surface area contributed by atoms with Crippen molar-refractivity contribution < 1.29 is 19.1 Å². The Kier molecular flexibility index (Phi) is 6.18. The first-order chi connectivity index (χ1) is 16.3. The highest BCUT2D eigenvalue weighted by molar-refractivity contribution is 5.89. The molecule has 5 heteroatoms. The molecule has 0 radical (unpaired) electrons. The molecule has 1 aliphatic heterocycles. The Morgan fingerprint density at radius 1 is 1.00 bits per heavy atom. The third-order valence-corrected chi connectivity index (χ3v) is 10.6. The van der Waals surface area contributed by atoms with Gasteiger partial charge in [-0.05, 0) is 111 Å². The summed E-state index contributed by atoms with van der Waals surface area (Å²) in [5.74, 6) is 3.48. The van der Waals surface area contributed by atoms with Crippen LogP contribution in [0.5, 0.6) is 5.75 Å². The lowest BCUT2D eigenvalue weighted by Gasteiger charge is -2.61. The molecule has 0 N–H and O–H groups in total. The monoisotopic (exact) mass is 467 g/mol. The highest BCUT2D eigenvalue weighted by Gasteiger charge is 2.61. The van der Waals surface area contributed by atoms with Gasteiger partial charge in [0.05, 0.1) is 18.8 Å². The van der Waals surface area contributed by atoms with Gasteiger partial charge in [0, 0.05) is 19.5 Å². The summed E-state index contributed by atoms with van der Waals surface area (Å²) in [6.45, 7) is 8.03. The number of ether oxygens (including phenoxy) is 2. The molecule has 5 nitrogen and oxygen atoms in total. The normalized spacial score (nSPS) is 39.1. The number of fused-ring (bicyclic) bond motifs is 5. The molecule has 7 atom stereocenters. The zero-order chi connectivity index (χ0) is 24.1. The first-order valence-corrected chi connectivity index (χ1v) is 13.4. The number of piperidine rings is 1. The highest BCUT2D eigenvalue weighted by atomic mass is 16.5. The Morgan fingerprint density at radius 3 is 2.47 bits per heavy atom. The van der Waals surface area contributed by atoms with E-state index in [-0.39, 0.29) is 16.8 Å². The smallest absolute Gasteiger partial charge is 0.338 e. The lowest BCUT2D eigenvalue weighted by Crippen LogP contribution is -2.61. The first kappa shape index (κ1) is 23.7. The van der Waals surface area contributed by atoms with Crippen LogP contribution in [0.25, 0.3) is 0 Å². The van der Waals surface area contributed by atoms with Crippen LogP contribution >= 0.6 is 0 Å². The average Bonchev–Trinajstić information content (AvgIpc) is 3.17. The zero-order valence-corrected chi connectivity index (χ0v) is 21.3. The summed E-state index contributed by atoms with van der Waals surface area (Å²) in [7, 11) is 2.03. The van der Waals surface area contributed by atoms with E-state index in [2.05, 4.69) is 18.7 Å². The van der Waals surface area contributed by atoms with E-state index < -0.39 is 0 Å². The Labute approximate surface area is 204 Å². The molecule has 4 aliphatic rings. The van der Waals surface area contributed by atoms with Crippen molar-refractivity contribution in [3.8, 4) is 5.75 Å². The fourth-order valence-corrected chi connectivity index (χ4v) is 8.65. The van der Waals surface area contributed by atoms with Crippen LogP contribution in [0.15, 0.2) is 24.3 Å². The molecular weight excluding hydrogens is 426 g/mol. The summed E-state index contributed by atoms with van der Waals surface area (Å²) >= 11 is 0. The van der Waals surface area contributed by atoms with Crippen LogP contribution in [0, 0.1) is 34.5 Å². The van der Waals surface area contributed by atoms with Gasteiger partial charge in [-0.2, -0.15) is 0 Å². The molecule has 1 amide bonds. The fourth-order valence-electron chi connectivity index (χ4n) is 8.65. The fraction of sp³-hybridized carbons (Fsp3) is 0.724. The van der Waals surface area contributed by atoms with E-state index in [1.54, 1.807) is 12.1 Å². The van der Waals surface area contributed by atoms with E-state index in [1.807, 2.05) is 26.1 Å². The van der Waals surface area contributed by atoms with Crippen molar-refractivity contribution in [3.63, 3.8) is 0 Å². The van der Waals surface area contributed by atoms with Gasteiger partial charge in [0.15, 0.2) is 0 Å². The van der Waals surface area contributed by atoms with E-state index >= 15 is 0 Å². The third kappa shape index (κ3) is 3.74. The quantitative estimate of drug-likeness (QED) is 0.520. The topological polar surface area (TPSA) is 55.8 Å². The number of nitrogens with zero attached hydrogens (tertiary/aromatic N) is 1. The summed E-state index contributed by atoms with van der Waals surface area (Å²) in [5.41, 5.74) is 1.10. The van der Waals surface area contributed by atoms with Gasteiger partial charge in [0.1, 0.15) is 5.75 Å². The van der Waals surface area contributed by atoms with Crippen molar-refractivity contribution in [3.05, 3.63) is 29.8 Å². The minimum atomic E-state index is -0.230. The van der Waals surface area contributed by atoms with Crippen LogP contribution in [-0.2, 0) is 9.53 Å². The predicted molar refractivity (Wildman–Crippen MR) is 132 cm³/mol. The molecule has 1 aromatic carbocycles. The Hall–Kier alpha value is -2.04. The van der Waals surface area contributed by atoms with E-state index in [9.17, 15) is 9.59 Å². The second-order valence-electron chi connectivity index (χ2n) is 11.9. The third-order valence-electron chi connectivity index (χ3n) is 10.6. The summed E-state index contributed by atoms with van der Waals surface area (Å²) in [4.78, 5) is 27.2. The number of carbonyl (C=O) groups is 2. The van der Waals surface area contributed by atoms with Crippen molar-refractivity contribution in [2.45, 2.75) is 78.2 Å². The molecule has 186 valence electrons.